The van der Waals surface area contributed by atoms with Gasteiger partial charge in [0.05, 0.1) is 34.4 Å². The van der Waals surface area contributed by atoms with Crippen LogP contribution in [0.4, 0.5) is 0 Å². The molecule has 0 radical (unpaired) electrons. The number of aromatic carboxylic acids is 1. The number of fused-ring (bicyclic) bond motifs is 1. The fourth-order valence-electron chi connectivity index (χ4n) is 3.88. The van der Waals surface area contributed by atoms with Gasteiger partial charge in [0.25, 0.3) is 5.56 Å². The zero-order chi connectivity index (χ0) is 25.8. The number of nitrogens with zero attached hydrogens (tertiary/aromatic N) is 2. The number of carbonyl (C=O) groups excluding carboxylic acids is 2. The number of ether oxygens (including phenoxy) is 2. The lowest BCUT2D eigenvalue weighted by Crippen LogP contribution is -2.39. The molecule has 4 rings (SSSR count). The van der Waals surface area contributed by atoms with Gasteiger partial charge in [-0.1, -0.05) is 60.4 Å². The molecule has 9 heteroatoms. The number of hydrogen-bond acceptors (Lipinski definition) is 8. The molecule has 1 atom stereocenters. The second kappa shape index (κ2) is 10.6. The summed E-state index contributed by atoms with van der Waals surface area (Å²) in [5.74, 6) is -1.18. The normalized spacial score (nSPS) is 15.2. The maximum absolute atomic E-state index is 13.6. The molecule has 1 aliphatic heterocycles. The summed E-state index contributed by atoms with van der Waals surface area (Å²) in [6, 6.07) is 12.4. The van der Waals surface area contributed by atoms with Crippen molar-refractivity contribution in [3.63, 3.8) is 0 Å². The van der Waals surface area contributed by atoms with Crippen molar-refractivity contribution in [3.05, 3.63) is 109 Å². The van der Waals surface area contributed by atoms with Crippen LogP contribution in [0.1, 0.15) is 41.4 Å². The zero-order valence-electron chi connectivity index (χ0n) is 19.7. The summed E-state index contributed by atoms with van der Waals surface area (Å²) in [5, 5.41) is 11.0. The van der Waals surface area contributed by atoms with Gasteiger partial charge in [0, 0.05) is 0 Å². The summed E-state index contributed by atoms with van der Waals surface area (Å²) in [5.41, 5.74) is 1.82. The van der Waals surface area contributed by atoms with Crippen LogP contribution >= 0.6 is 11.3 Å². The van der Waals surface area contributed by atoms with Crippen molar-refractivity contribution in [1.82, 2.24) is 4.57 Å². The van der Waals surface area contributed by atoms with E-state index in [1.165, 1.54) is 28.0 Å². The first-order valence-electron chi connectivity index (χ1n) is 11.2. The van der Waals surface area contributed by atoms with Crippen molar-refractivity contribution in [2.75, 3.05) is 13.2 Å². The average Bonchev–Trinajstić information content (AvgIpc) is 3.16. The first-order valence-corrected chi connectivity index (χ1v) is 12.0. The van der Waals surface area contributed by atoms with Crippen molar-refractivity contribution in [3.8, 4) is 5.75 Å². The third kappa shape index (κ3) is 4.92. The highest BCUT2D eigenvalue weighted by Gasteiger charge is 2.33. The molecule has 184 valence electrons. The van der Waals surface area contributed by atoms with Crippen LogP contribution in [0.15, 0.2) is 82.2 Å². The van der Waals surface area contributed by atoms with Gasteiger partial charge in [-0.05, 0) is 48.7 Å². The van der Waals surface area contributed by atoms with E-state index in [2.05, 4.69) is 11.6 Å². The summed E-state index contributed by atoms with van der Waals surface area (Å²) in [7, 11) is 0. The highest BCUT2D eigenvalue weighted by Crippen LogP contribution is 2.31. The second-order valence-corrected chi connectivity index (χ2v) is 8.89. The van der Waals surface area contributed by atoms with E-state index in [-0.39, 0.29) is 23.3 Å². The predicted molar refractivity (Wildman–Crippen MR) is 133 cm³/mol. The number of carboxylic acids is 1. The van der Waals surface area contributed by atoms with Gasteiger partial charge in [-0.25, -0.2) is 9.79 Å². The molecule has 0 aliphatic carbocycles. The molecule has 1 aromatic heterocycles. The Morgan fingerprint density at radius 3 is 2.47 bits per heavy atom. The number of thiazole rings is 1. The van der Waals surface area contributed by atoms with Gasteiger partial charge < -0.3 is 19.4 Å². The minimum absolute atomic E-state index is 0.0452. The number of allylic oxidation sites excluding steroid dienone is 1. The lowest BCUT2D eigenvalue weighted by atomic mass is 9.96. The molecule has 0 spiro atoms. The Morgan fingerprint density at radius 1 is 1.17 bits per heavy atom. The van der Waals surface area contributed by atoms with E-state index < -0.39 is 18.0 Å². The van der Waals surface area contributed by atoms with Crippen molar-refractivity contribution in [2.45, 2.75) is 19.9 Å². The van der Waals surface area contributed by atoms with Gasteiger partial charge in [-0.3, -0.25) is 9.36 Å². The quantitative estimate of drug-likeness (QED) is 0.342. The van der Waals surface area contributed by atoms with E-state index >= 15 is 0 Å². The van der Waals surface area contributed by atoms with Gasteiger partial charge in [0.15, 0.2) is 4.80 Å². The maximum atomic E-state index is 13.6. The fourth-order valence-corrected chi connectivity index (χ4v) is 4.92. The molecule has 36 heavy (non-hydrogen) atoms. The molecular weight excluding hydrogens is 480 g/mol. The van der Waals surface area contributed by atoms with Gasteiger partial charge in [0.2, 0.25) is 0 Å². The Hall–Kier alpha value is -4.24. The van der Waals surface area contributed by atoms with E-state index in [4.69, 9.17) is 9.47 Å². The Morgan fingerprint density at radius 2 is 1.86 bits per heavy atom. The van der Waals surface area contributed by atoms with E-state index in [0.29, 0.717) is 38.5 Å². The Balaban J connectivity index is 1.85. The molecule has 0 amide bonds. The second-order valence-electron chi connectivity index (χ2n) is 7.88. The first-order chi connectivity index (χ1) is 17.3. The average molecular weight is 504 g/mol. The van der Waals surface area contributed by atoms with Gasteiger partial charge in [0.1, 0.15) is 12.4 Å². The summed E-state index contributed by atoms with van der Waals surface area (Å²) in [6.45, 7) is 7.61. The lowest BCUT2D eigenvalue weighted by molar-refractivity contribution is -0.255. The molecule has 0 saturated carbocycles. The molecule has 0 fully saturated rings. The van der Waals surface area contributed by atoms with Crippen LogP contribution in [-0.4, -0.2) is 29.7 Å². The minimum atomic E-state index is -1.27. The van der Waals surface area contributed by atoms with Crippen molar-refractivity contribution in [2.24, 2.45) is 4.99 Å². The van der Waals surface area contributed by atoms with Crippen LogP contribution < -0.4 is 24.7 Å². The van der Waals surface area contributed by atoms with Crippen LogP contribution in [0, 0.1) is 0 Å². The molecule has 0 saturated heterocycles. The number of carbonyl (C=O) groups is 2. The molecule has 3 aromatic rings. The third-order valence-electron chi connectivity index (χ3n) is 5.52. The van der Waals surface area contributed by atoms with Crippen LogP contribution in [-0.2, 0) is 9.53 Å². The number of aromatic nitrogens is 1. The summed E-state index contributed by atoms with van der Waals surface area (Å²) >= 11 is 1.19. The fraction of sp³-hybridized carbons (Fsp3) is 0.185. The van der Waals surface area contributed by atoms with E-state index in [9.17, 15) is 19.5 Å². The predicted octanol–water partition coefficient (Wildman–Crippen LogP) is 1.73. The van der Waals surface area contributed by atoms with E-state index in [1.807, 2.05) is 0 Å². The molecule has 1 aliphatic rings. The number of carboxylic acid groups (broad SMARTS) is 1. The van der Waals surface area contributed by atoms with Crippen LogP contribution in [0.5, 0.6) is 5.75 Å². The summed E-state index contributed by atoms with van der Waals surface area (Å²) in [6.07, 6.45) is 3.30. The molecule has 0 N–H and O–H groups in total. The Bertz CT molecular complexity index is 1530. The van der Waals surface area contributed by atoms with Gasteiger partial charge in [-0.2, -0.15) is 0 Å². The molecule has 2 heterocycles. The number of esters is 1. The minimum Gasteiger partial charge on any atom is -0.545 e. The van der Waals surface area contributed by atoms with Crippen molar-refractivity contribution < 1.29 is 24.2 Å². The molecule has 0 unspecified atom stereocenters. The van der Waals surface area contributed by atoms with Crippen molar-refractivity contribution in [1.29, 1.82) is 0 Å². The monoisotopic (exact) mass is 503 g/mol. The maximum Gasteiger partial charge on any atom is 0.338 e. The lowest BCUT2D eigenvalue weighted by Gasteiger charge is -2.24. The highest BCUT2D eigenvalue weighted by molar-refractivity contribution is 7.07. The summed E-state index contributed by atoms with van der Waals surface area (Å²) < 4.78 is 12.8. The molecule has 8 nitrogen and oxygen atoms in total. The van der Waals surface area contributed by atoms with E-state index in [0.717, 1.165) is 0 Å². The van der Waals surface area contributed by atoms with Crippen molar-refractivity contribution >= 4 is 29.4 Å². The highest BCUT2D eigenvalue weighted by atomic mass is 32.1. The topological polar surface area (TPSA) is 110 Å². The standard InChI is InChI=1S/C27H24N2O6S/c1-4-14-35-20-12-10-18(11-13-20)23-22(26(33)34-5-2)16(3)28-27-29(23)24(30)21(36-27)15-17-6-8-19(9-7-17)25(31)32/h4,6-13,15,23H,1,5,14H2,2-3H3,(H,31,32)/p-1/b21-15-/t23-/m1/s1. The third-order valence-corrected chi connectivity index (χ3v) is 6.51. The summed E-state index contributed by atoms with van der Waals surface area (Å²) in [4.78, 5) is 42.6. The molecule has 0 bridgehead atoms. The van der Waals surface area contributed by atoms with Crippen LogP contribution in [0.2, 0.25) is 0 Å². The molecule has 2 aromatic carbocycles. The largest absolute Gasteiger partial charge is 0.545 e. The number of benzene rings is 2. The molecular formula is C27H23N2O6S-. The van der Waals surface area contributed by atoms with Gasteiger partial charge in [-0.15, -0.1) is 0 Å². The number of rotatable bonds is 8. The van der Waals surface area contributed by atoms with Gasteiger partial charge >= 0.3 is 5.97 Å². The SMILES string of the molecule is C=CCOc1ccc([C@@H]2C(C(=O)OCC)=C(C)N=c3s/c(=C\c4ccc(C(=O)[O-])cc4)c(=O)n32)cc1. The van der Waals surface area contributed by atoms with Crippen LogP contribution in [0.3, 0.4) is 0 Å². The zero-order valence-corrected chi connectivity index (χ0v) is 20.5. The smallest absolute Gasteiger partial charge is 0.338 e. The first kappa shape index (κ1) is 24.9. The number of hydrogen-bond donors (Lipinski definition) is 0. The van der Waals surface area contributed by atoms with Crippen LogP contribution in [0.25, 0.3) is 6.08 Å². The van der Waals surface area contributed by atoms with E-state index in [1.54, 1.807) is 62.4 Å². The Kier molecular flexibility index (Phi) is 7.30. The Labute approximate surface area is 210 Å².